The second-order valence-electron chi connectivity index (χ2n) is 6.50. The molecule has 27 heavy (non-hydrogen) atoms. The minimum absolute atomic E-state index is 0.0379. The largest absolute Gasteiger partial charge is 0.465 e. The number of rotatable bonds is 7. The molecule has 0 N–H and O–H groups in total. The molecule has 0 radical (unpaired) electrons. The molecule has 2 unspecified atom stereocenters. The molecule has 0 aliphatic heterocycles. The third-order valence-corrected chi connectivity index (χ3v) is 5.54. The zero-order valence-electron chi connectivity index (χ0n) is 15.5. The van der Waals surface area contributed by atoms with E-state index in [-0.39, 0.29) is 19.0 Å². The Hall–Kier alpha value is -1.59. The molecule has 1 saturated carbocycles. The van der Waals surface area contributed by atoms with Crippen LogP contribution in [-0.4, -0.2) is 30.9 Å². The van der Waals surface area contributed by atoms with Crippen molar-refractivity contribution in [3.05, 3.63) is 33.8 Å². The molecule has 2 rings (SSSR count). The van der Waals surface area contributed by atoms with Crippen LogP contribution in [-0.2, 0) is 23.9 Å². The molecular weight excluding hydrogens is 391 g/mol. The number of hydrogen-bond donors (Lipinski definition) is 0. The molecule has 0 spiro atoms. The van der Waals surface area contributed by atoms with Crippen LogP contribution in [0.25, 0.3) is 0 Å². The Morgan fingerprint density at radius 1 is 1.07 bits per heavy atom. The molecule has 0 bridgehead atoms. The average molecular weight is 415 g/mol. The number of benzene rings is 1. The number of halogens is 2. The van der Waals surface area contributed by atoms with Crippen molar-refractivity contribution in [2.24, 2.45) is 11.8 Å². The van der Waals surface area contributed by atoms with E-state index in [1.165, 1.54) is 0 Å². The van der Waals surface area contributed by atoms with Crippen molar-refractivity contribution in [1.29, 1.82) is 0 Å². The van der Waals surface area contributed by atoms with Crippen LogP contribution >= 0.6 is 23.2 Å². The van der Waals surface area contributed by atoms with Crippen molar-refractivity contribution in [1.82, 2.24) is 0 Å². The minimum Gasteiger partial charge on any atom is -0.465 e. The zero-order valence-corrected chi connectivity index (χ0v) is 17.0. The van der Waals surface area contributed by atoms with E-state index in [1.54, 1.807) is 32.0 Å². The summed E-state index contributed by atoms with van der Waals surface area (Å²) in [6, 6.07) is 4.92. The van der Waals surface area contributed by atoms with Crippen molar-refractivity contribution < 1.29 is 23.9 Å². The van der Waals surface area contributed by atoms with Gasteiger partial charge in [-0.2, -0.15) is 0 Å². The highest BCUT2D eigenvalue weighted by atomic mass is 35.5. The summed E-state index contributed by atoms with van der Waals surface area (Å²) in [5, 5.41) is 0.659. The van der Waals surface area contributed by atoms with Gasteiger partial charge in [-0.25, -0.2) is 0 Å². The van der Waals surface area contributed by atoms with Gasteiger partial charge < -0.3 is 9.47 Å². The Balaban J connectivity index is 2.55. The fourth-order valence-corrected chi connectivity index (χ4v) is 3.93. The highest BCUT2D eigenvalue weighted by Gasteiger charge is 2.45. The van der Waals surface area contributed by atoms with Crippen molar-refractivity contribution in [2.75, 3.05) is 13.2 Å². The maximum Gasteiger partial charge on any atom is 0.320 e. The van der Waals surface area contributed by atoms with Crippen molar-refractivity contribution in [3.8, 4) is 0 Å². The fraction of sp³-hybridized carbons (Fsp3) is 0.550. The van der Waals surface area contributed by atoms with E-state index in [4.69, 9.17) is 32.7 Å². The lowest BCUT2D eigenvalue weighted by molar-refractivity contribution is -0.163. The van der Waals surface area contributed by atoms with E-state index in [0.717, 1.165) is 12.8 Å². The molecular formula is C20H24Cl2O5. The number of ether oxygens (including phenoxy) is 2. The van der Waals surface area contributed by atoms with Gasteiger partial charge in [-0.15, -0.1) is 0 Å². The van der Waals surface area contributed by atoms with Gasteiger partial charge in [0.15, 0.2) is 5.92 Å². The number of carbonyl (C=O) groups excluding carboxylic acids is 3. The van der Waals surface area contributed by atoms with E-state index < -0.39 is 29.7 Å². The summed E-state index contributed by atoms with van der Waals surface area (Å²) >= 11 is 12.2. The maximum absolute atomic E-state index is 12.7. The summed E-state index contributed by atoms with van der Waals surface area (Å²) < 4.78 is 10.3. The topological polar surface area (TPSA) is 69.7 Å². The quantitative estimate of drug-likeness (QED) is 0.482. The lowest BCUT2D eigenvalue weighted by Gasteiger charge is -2.33. The maximum atomic E-state index is 12.7. The monoisotopic (exact) mass is 414 g/mol. The van der Waals surface area contributed by atoms with Crippen LogP contribution in [0.2, 0.25) is 10.0 Å². The minimum atomic E-state index is -1.23. The van der Waals surface area contributed by atoms with Gasteiger partial charge in [-0.05, 0) is 44.4 Å². The van der Waals surface area contributed by atoms with E-state index in [2.05, 4.69) is 0 Å². The van der Waals surface area contributed by atoms with Gasteiger partial charge in [-0.3, -0.25) is 14.4 Å². The van der Waals surface area contributed by atoms with Gasteiger partial charge in [-0.1, -0.05) is 35.7 Å². The van der Waals surface area contributed by atoms with Crippen LogP contribution in [0.1, 0.15) is 51.0 Å². The summed E-state index contributed by atoms with van der Waals surface area (Å²) in [5.41, 5.74) is 0.607. The first-order valence-electron chi connectivity index (χ1n) is 9.21. The average Bonchev–Trinajstić information content (AvgIpc) is 2.63. The molecule has 0 amide bonds. The third-order valence-electron chi connectivity index (χ3n) is 4.80. The van der Waals surface area contributed by atoms with Crippen molar-refractivity contribution in [2.45, 2.75) is 45.4 Å². The first-order chi connectivity index (χ1) is 12.9. The first-order valence-corrected chi connectivity index (χ1v) is 9.97. The van der Waals surface area contributed by atoms with Crippen LogP contribution < -0.4 is 0 Å². The molecule has 1 aliphatic carbocycles. The van der Waals surface area contributed by atoms with Gasteiger partial charge >= 0.3 is 11.9 Å². The van der Waals surface area contributed by atoms with Crippen molar-refractivity contribution >= 4 is 40.9 Å². The zero-order chi connectivity index (χ0) is 20.0. The van der Waals surface area contributed by atoms with E-state index in [0.29, 0.717) is 28.5 Å². The fourth-order valence-electron chi connectivity index (χ4n) is 3.62. The van der Waals surface area contributed by atoms with E-state index in [9.17, 15) is 14.4 Å². The smallest absolute Gasteiger partial charge is 0.320 e. The Labute approximate surface area is 169 Å². The molecule has 148 valence electrons. The van der Waals surface area contributed by atoms with E-state index in [1.807, 2.05) is 0 Å². The van der Waals surface area contributed by atoms with E-state index >= 15 is 0 Å². The van der Waals surface area contributed by atoms with Crippen LogP contribution in [0.4, 0.5) is 0 Å². The summed E-state index contributed by atoms with van der Waals surface area (Å²) in [7, 11) is 0. The predicted molar refractivity (Wildman–Crippen MR) is 103 cm³/mol. The number of Topliss-reactive ketones (excluding diaryl/α,β-unsaturated/α-hetero) is 1. The highest BCUT2D eigenvalue weighted by molar-refractivity contribution is 6.42. The number of carbonyl (C=O) groups is 3. The molecule has 0 saturated heterocycles. The van der Waals surface area contributed by atoms with Crippen LogP contribution in [0.15, 0.2) is 18.2 Å². The molecule has 7 heteroatoms. The van der Waals surface area contributed by atoms with Gasteiger partial charge in [0, 0.05) is 18.3 Å². The molecule has 1 aliphatic rings. The lowest BCUT2D eigenvalue weighted by atomic mass is 9.70. The summed E-state index contributed by atoms with van der Waals surface area (Å²) in [6.45, 7) is 3.59. The van der Waals surface area contributed by atoms with Crippen LogP contribution in [0, 0.1) is 11.8 Å². The second kappa shape index (κ2) is 10.1. The van der Waals surface area contributed by atoms with Gasteiger partial charge in [0.1, 0.15) is 5.78 Å². The molecule has 0 heterocycles. The summed E-state index contributed by atoms with van der Waals surface area (Å²) in [5.74, 6) is -3.75. The van der Waals surface area contributed by atoms with Gasteiger partial charge in [0.05, 0.1) is 23.3 Å². The standard InChI is InChI=1S/C20H24Cl2O5/c1-3-26-19(24)18(20(25)27-4-2)17(13-7-5-6-8-16(13)23)12-9-10-14(21)15(22)11-12/h9-11,13,17-18H,3-8H2,1-2H3. The molecule has 1 aromatic carbocycles. The Morgan fingerprint density at radius 2 is 1.70 bits per heavy atom. The van der Waals surface area contributed by atoms with Gasteiger partial charge in [0.25, 0.3) is 0 Å². The molecule has 2 atom stereocenters. The Bertz CT molecular complexity index is 686. The molecule has 0 aromatic heterocycles. The molecule has 1 aromatic rings. The first kappa shape index (κ1) is 21.7. The molecule has 1 fully saturated rings. The Morgan fingerprint density at radius 3 is 2.22 bits per heavy atom. The Kier molecular flexibility index (Phi) is 8.11. The van der Waals surface area contributed by atoms with Crippen molar-refractivity contribution in [3.63, 3.8) is 0 Å². The number of esters is 2. The second-order valence-corrected chi connectivity index (χ2v) is 7.31. The van der Waals surface area contributed by atoms with Crippen LogP contribution in [0.5, 0.6) is 0 Å². The highest BCUT2D eigenvalue weighted by Crippen LogP contribution is 2.41. The lowest BCUT2D eigenvalue weighted by Crippen LogP contribution is -2.40. The number of hydrogen-bond acceptors (Lipinski definition) is 5. The molecule has 5 nitrogen and oxygen atoms in total. The van der Waals surface area contributed by atoms with Gasteiger partial charge in [0.2, 0.25) is 0 Å². The summed E-state index contributed by atoms with van der Waals surface area (Å²) in [6.07, 6.45) is 2.69. The van der Waals surface area contributed by atoms with Crippen LogP contribution in [0.3, 0.4) is 0 Å². The third kappa shape index (κ3) is 5.23. The normalized spacial score (nSPS) is 18.3. The SMILES string of the molecule is CCOC(=O)C(C(=O)OCC)C(c1ccc(Cl)c(Cl)c1)C1CCCCC1=O. The summed E-state index contributed by atoms with van der Waals surface area (Å²) in [4.78, 5) is 38.0. The predicted octanol–water partition coefficient (Wildman–Crippen LogP) is 4.58. The number of ketones is 1.